The van der Waals surface area contributed by atoms with E-state index in [1.807, 2.05) is 13.8 Å². The molecular weight excluding hydrogens is 216 g/mol. The van der Waals surface area contributed by atoms with E-state index in [0.29, 0.717) is 18.7 Å². The van der Waals surface area contributed by atoms with Gasteiger partial charge < -0.3 is 15.8 Å². The molecule has 3 N–H and O–H groups in total. The van der Waals surface area contributed by atoms with Crippen LogP contribution in [0.3, 0.4) is 0 Å². The fraction of sp³-hybridized carbons (Fsp3) is 0.923. The van der Waals surface area contributed by atoms with Crippen LogP contribution in [0.5, 0.6) is 0 Å². The highest BCUT2D eigenvalue weighted by Crippen LogP contribution is 2.19. The summed E-state index contributed by atoms with van der Waals surface area (Å²) in [7, 11) is 0. The van der Waals surface area contributed by atoms with Crippen LogP contribution in [-0.2, 0) is 9.53 Å². The second-order valence-electron chi connectivity index (χ2n) is 5.21. The molecule has 4 nitrogen and oxygen atoms in total. The number of hydrogen-bond donors (Lipinski definition) is 2. The smallest absolute Gasteiger partial charge is 0.222 e. The largest absolute Gasteiger partial charge is 0.378 e. The minimum Gasteiger partial charge on any atom is -0.378 e. The SMILES string of the molecule is CC(C)C(=O)NCCCOC1CCC(N)CC1. The number of hydrogen-bond acceptors (Lipinski definition) is 3. The highest BCUT2D eigenvalue weighted by atomic mass is 16.5. The van der Waals surface area contributed by atoms with Crippen molar-refractivity contribution < 1.29 is 9.53 Å². The molecule has 1 amide bonds. The van der Waals surface area contributed by atoms with E-state index in [-0.39, 0.29) is 11.8 Å². The minimum absolute atomic E-state index is 0.0655. The van der Waals surface area contributed by atoms with Crippen molar-refractivity contribution in [1.29, 1.82) is 0 Å². The second-order valence-corrected chi connectivity index (χ2v) is 5.21. The Hall–Kier alpha value is -0.610. The Morgan fingerprint density at radius 1 is 1.35 bits per heavy atom. The number of carbonyl (C=O) groups excluding carboxylic acids is 1. The van der Waals surface area contributed by atoms with E-state index < -0.39 is 0 Å². The van der Waals surface area contributed by atoms with Crippen molar-refractivity contribution in [3.05, 3.63) is 0 Å². The summed E-state index contributed by atoms with van der Waals surface area (Å²) < 4.78 is 5.77. The van der Waals surface area contributed by atoms with Gasteiger partial charge in [0, 0.05) is 25.1 Å². The normalized spacial score (nSPS) is 24.9. The number of amides is 1. The van der Waals surface area contributed by atoms with Crippen molar-refractivity contribution >= 4 is 5.91 Å². The van der Waals surface area contributed by atoms with Crippen LogP contribution < -0.4 is 11.1 Å². The van der Waals surface area contributed by atoms with E-state index in [2.05, 4.69) is 5.32 Å². The molecule has 0 heterocycles. The molecule has 17 heavy (non-hydrogen) atoms. The van der Waals surface area contributed by atoms with Gasteiger partial charge in [0.25, 0.3) is 0 Å². The Morgan fingerprint density at radius 2 is 2.00 bits per heavy atom. The Bertz CT molecular complexity index is 223. The molecule has 1 aliphatic rings. The number of rotatable bonds is 6. The maximum atomic E-state index is 11.3. The van der Waals surface area contributed by atoms with Gasteiger partial charge in [-0.1, -0.05) is 13.8 Å². The Kier molecular flexibility index (Phi) is 6.52. The van der Waals surface area contributed by atoms with Crippen LogP contribution in [0, 0.1) is 5.92 Å². The third-order valence-corrected chi connectivity index (χ3v) is 3.22. The fourth-order valence-electron chi connectivity index (χ4n) is 1.99. The zero-order valence-corrected chi connectivity index (χ0v) is 11.1. The summed E-state index contributed by atoms with van der Waals surface area (Å²) >= 11 is 0. The third-order valence-electron chi connectivity index (χ3n) is 3.22. The first-order valence-corrected chi connectivity index (χ1v) is 6.74. The topological polar surface area (TPSA) is 64.3 Å². The van der Waals surface area contributed by atoms with Gasteiger partial charge in [-0.05, 0) is 32.1 Å². The van der Waals surface area contributed by atoms with E-state index in [9.17, 15) is 4.79 Å². The van der Waals surface area contributed by atoms with Gasteiger partial charge in [-0.3, -0.25) is 4.79 Å². The molecule has 1 aliphatic carbocycles. The summed E-state index contributed by atoms with van der Waals surface area (Å²) in [6.45, 7) is 5.25. The summed E-state index contributed by atoms with van der Waals surface area (Å²) in [5.74, 6) is 0.185. The molecule has 0 bridgehead atoms. The second kappa shape index (κ2) is 7.67. The van der Waals surface area contributed by atoms with Crippen molar-refractivity contribution in [2.24, 2.45) is 11.7 Å². The average Bonchev–Trinajstić information content (AvgIpc) is 2.30. The summed E-state index contributed by atoms with van der Waals surface area (Å²) in [5.41, 5.74) is 5.83. The van der Waals surface area contributed by atoms with Crippen molar-refractivity contribution in [3.8, 4) is 0 Å². The summed E-state index contributed by atoms with van der Waals surface area (Å²) in [5, 5.41) is 2.89. The van der Waals surface area contributed by atoms with E-state index in [0.717, 1.165) is 38.7 Å². The van der Waals surface area contributed by atoms with Crippen molar-refractivity contribution in [2.45, 2.75) is 58.1 Å². The molecule has 0 unspecified atom stereocenters. The standard InChI is InChI=1S/C13H26N2O2/c1-10(2)13(16)15-8-3-9-17-12-6-4-11(14)5-7-12/h10-12H,3-9,14H2,1-2H3,(H,15,16). The molecule has 0 aromatic carbocycles. The minimum atomic E-state index is 0.0655. The first-order valence-electron chi connectivity index (χ1n) is 6.74. The average molecular weight is 242 g/mol. The van der Waals surface area contributed by atoms with Crippen LogP contribution in [0.2, 0.25) is 0 Å². The first-order chi connectivity index (χ1) is 8.09. The molecule has 0 spiro atoms. The van der Waals surface area contributed by atoms with Gasteiger partial charge in [0.05, 0.1) is 6.10 Å². The molecular formula is C13H26N2O2. The summed E-state index contributed by atoms with van der Waals surface area (Å²) in [6.07, 6.45) is 5.60. The fourth-order valence-corrected chi connectivity index (χ4v) is 1.99. The Morgan fingerprint density at radius 3 is 2.59 bits per heavy atom. The van der Waals surface area contributed by atoms with E-state index in [1.54, 1.807) is 0 Å². The molecule has 1 fully saturated rings. The molecule has 0 aliphatic heterocycles. The van der Waals surface area contributed by atoms with Gasteiger partial charge in [-0.25, -0.2) is 0 Å². The molecule has 100 valence electrons. The van der Waals surface area contributed by atoms with Gasteiger partial charge >= 0.3 is 0 Å². The van der Waals surface area contributed by atoms with E-state index >= 15 is 0 Å². The Balaban J connectivity index is 1.96. The van der Waals surface area contributed by atoms with Crippen LogP contribution >= 0.6 is 0 Å². The molecule has 1 saturated carbocycles. The van der Waals surface area contributed by atoms with Crippen molar-refractivity contribution in [2.75, 3.05) is 13.2 Å². The number of carbonyl (C=O) groups is 1. The van der Waals surface area contributed by atoms with Crippen molar-refractivity contribution in [3.63, 3.8) is 0 Å². The van der Waals surface area contributed by atoms with Crippen LogP contribution in [-0.4, -0.2) is 31.2 Å². The number of nitrogens with two attached hydrogens (primary N) is 1. The van der Waals surface area contributed by atoms with Crippen LogP contribution in [0.15, 0.2) is 0 Å². The monoisotopic (exact) mass is 242 g/mol. The van der Waals surface area contributed by atoms with Crippen LogP contribution in [0.1, 0.15) is 46.0 Å². The molecule has 1 rings (SSSR count). The van der Waals surface area contributed by atoms with Gasteiger partial charge in [-0.2, -0.15) is 0 Å². The molecule has 4 heteroatoms. The van der Waals surface area contributed by atoms with Gasteiger partial charge in [-0.15, -0.1) is 0 Å². The van der Waals surface area contributed by atoms with E-state index in [4.69, 9.17) is 10.5 Å². The maximum Gasteiger partial charge on any atom is 0.222 e. The van der Waals surface area contributed by atoms with Gasteiger partial charge in [0.1, 0.15) is 0 Å². The number of nitrogens with one attached hydrogen (secondary N) is 1. The molecule has 0 atom stereocenters. The van der Waals surface area contributed by atoms with Crippen LogP contribution in [0.4, 0.5) is 0 Å². The zero-order valence-electron chi connectivity index (χ0n) is 11.1. The maximum absolute atomic E-state index is 11.3. The zero-order chi connectivity index (χ0) is 12.7. The van der Waals surface area contributed by atoms with Crippen LogP contribution in [0.25, 0.3) is 0 Å². The first kappa shape index (κ1) is 14.5. The Labute approximate surface area is 104 Å². The molecule has 0 saturated heterocycles. The third kappa shape index (κ3) is 6.03. The molecule has 0 aromatic rings. The quantitative estimate of drug-likeness (QED) is 0.693. The lowest BCUT2D eigenvalue weighted by Crippen LogP contribution is -2.31. The highest BCUT2D eigenvalue weighted by molar-refractivity contribution is 5.77. The number of ether oxygens (including phenoxy) is 1. The van der Waals surface area contributed by atoms with Crippen molar-refractivity contribution in [1.82, 2.24) is 5.32 Å². The summed E-state index contributed by atoms with van der Waals surface area (Å²) in [6, 6.07) is 0.375. The lowest BCUT2D eigenvalue weighted by atomic mass is 9.94. The van der Waals surface area contributed by atoms with Gasteiger partial charge in [0.2, 0.25) is 5.91 Å². The predicted molar refractivity (Wildman–Crippen MR) is 68.6 cm³/mol. The highest BCUT2D eigenvalue weighted by Gasteiger charge is 2.18. The lowest BCUT2D eigenvalue weighted by molar-refractivity contribution is -0.124. The lowest BCUT2D eigenvalue weighted by Gasteiger charge is -2.26. The van der Waals surface area contributed by atoms with E-state index in [1.165, 1.54) is 0 Å². The predicted octanol–water partition coefficient (Wildman–Crippen LogP) is 1.44. The summed E-state index contributed by atoms with van der Waals surface area (Å²) in [4.78, 5) is 11.3. The molecule has 0 radical (unpaired) electrons. The molecule has 0 aromatic heterocycles. The van der Waals surface area contributed by atoms with Gasteiger partial charge in [0.15, 0.2) is 0 Å².